The molecule has 0 aliphatic rings. The van der Waals surface area contributed by atoms with E-state index in [-0.39, 0.29) is 19.4 Å². The molecule has 15 heavy (non-hydrogen) atoms. The van der Waals surface area contributed by atoms with Crippen molar-refractivity contribution in [2.75, 3.05) is 13.7 Å². The van der Waals surface area contributed by atoms with Gasteiger partial charge in [-0.25, -0.2) is 9.52 Å². The van der Waals surface area contributed by atoms with Crippen molar-refractivity contribution in [3.63, 3.8) is 0 Å². The Hall–Kier alpha value is -1.35. The third-order valence-electron chi connectivity index (χ3n) is 1.26. The topological polar surface area (TPSA) is 122 Å². The Kier molecular flexibility index (Phi) is 5.64. The van der Waals surface area contributed by atoms with E-state index in [2.05, 4.69) is 4.74 Å². The highest BCUT2D eigenvalue weighted by atomic mass is 32.2. The molecule has 0 aromatic rings. The van der Waals surface area contributed by atoms with Crippen LogP contribution in [0.3, 0.4) is 0 Å². The van der Waals surface area contributed by atoms with Gasteiger partial charge in [0.25, 0.3) is 0 Å². The average molecular weight is 240 g/mol. The van der Waals surface area contributed by atoms with Crippen molar-refractivity contribution >= 4 is 22.3 Å². The number of nitrogens with one attached hydrogen (secondary N) is 2. The maximum Gasteiger partial charge on any atom is 0.421 e. The van der Waals surface area contributed by atoms with Crippen LogP contribution in [-0.4, -0.2) is 39.2 Å². The van der Waals surface area contributed by atoms with Crippen LogP contribution in [0.2, 0.25) is 0 Å². The molecule has 0 aliphatic heterocycles. The molecule has 1 amide bonds. The number of aliphatic carboxylic acids is 1. The van der Waals surface area contributed by atoms with Gasteiger partial charge in [0.2, 0.25) is 0 Å². The summed E-state index contributed by atoms with van der Waals surface area (Å²) in [4.78, 5) is 20.6. The number of carboxylic acids is 1. The zero-order valence-corrected chi connectivity index (χ0v) is 8.83. The molecule has 0 heterocycles. The molecule has 0 fully saturated rings. The number of ether oxygens (including phenoxy) is 1. The van der Waals surface area contributed by atoms with Crippen LogP contribution in [0.4, 0.5) is 4.79 Å². The van der Waals surface area contributed by atoms with Gasteiger partial charge in [0.1, 0.15) is 0 Å². The smallest absolute Gasteiger partial charge is 0.421 e. The van der Waals surface area contributed by atoms with Crippen LogP contribution in [-0.2, 0) is 19.7 Å². The van der Waals surface area contributed by atoms with E-state index in [1.807, 2.05) is 4.72 Å². The Morgan fingerprint density at radius 1 is 1.40 bits per heavy atom. The van der Waals surface area contributed by atoms with Crippen molar-refractivity contribution in [3.05, 3.63) is 0 Å². The van der Waals surface area contributed by atoms with Gasteiger partial charge in [-0.15, -0.1) is 0 Å². The van der Waals surface area contributed by atoms with Crippen molar-refractivity contribution in [3.8, 4) is 0 Å². The number of rotatable bonds is 6. The molecule has 88 valence electrons. The molecular weight excluding hydrogens is 228 g/mol. The third-order valence-corrected chi connectivity index (χ3v) is 2.28. The van der Waals surface area contributed by atoms with Gasteiger partial charge in [-0.2, -0.15) is 13.1 Å². The van der Waals surface area contributed by atoms with E-state index in [4.69, 9.17) is 5.11 Å². The van der Waals surface area contributed by atoms with E-state index < -0.39 is 22.3 Å². The number of amides is 1. The minimum atomic E-state index is -3.96. The van der Waals surface area contributed by atoms with Gasteiger partial charge >= 0.3 is 22.3 Å². The fraction of sp³-hybridized carbons (Fsp3) is 0.667. The molecular formula is C6H12N2O6S. The maximum absolute atomic E-state index is 11.0. The highest BCUT2D eigenvalue weighted by Gasteiger charge is 2.13. The Balaban J connectivity index is 3.85. The minimum Gasteiger partial charge on any atom is -0.481 e. The molecule has 0 aromatic heterocycles. The van der Waals surface area contributed by atoms with Gasteiger partial charge in [0, 0.05) is 13.0 Å². The van der Waals surface area contributed by atoms with Crippen LogP contribution < -0.4 is 9.44 Å². The number of carboxylic acid groups (broad SMARTS) is 1. The third kappa shape index (κ3) is 7.70. The molecule has 8 nitrogen and oxygen atoms in total. The van der Waals surface area contributed by atoms with Gasteiger partial charge in [-0.05, 0) is 6.42 Å². The molecule has 0 radical (unpaired) electrons. The second-order valence-electron chi connectivity index (χ2n) is 2.49. The normalized spacial score (nSPS) is 10.7. The molecule has 0 spiro atoms. The van der Waals surface area contributed by atoms with Gasteiger partial charge in [0.15, 0.2) is 0 Å². The van der Waals surface area contributed by atoms with E-state index in [0.29, 0.717) is 0 Å². The van der Waals surface area contributed by atoms with Crippen molar-refractivity contribution in [1.82, 2.24) is 9.44 Å². The van der Waals surface area contributed by atoms with Crippen molar-refractivity contribution in [1.29, 1.82) is 0 Å². The molecule has 0 atom stereocenters. The Bertz CT molecular complexity index is 325. The second kappa shape index (κ2) is 6.19. The molecule has 3 N–H and O–H groups in total. The van der Waals surface area contributed by atoms with E-state index in [1.165, 1.54) is 0 Å². The second-order valence-corrected chi connectivity index (χ2v) is 3.99. The SMILES string of the molecule is COC(=O)NS(=O)(=O)NCCCC(=O)O. The lowest BCUT2D eigenvalue weighted by Crippen LogP contribution is -2.40. The lowest BCUT2D eigenvalue weighted by Gasteiger charge is -2.06. The summed E-state index contributed by atoms with van der Waals surface area (Å²) in [7, 11) is -2.94. The number of hydrogen-bond donors (Lipinski definition) is 3. The summed E-state index contributed by atoms with van der Waals surface area (Å²) in [5.74, 6) is -1.02. The summed E-state index contributed by atoms with van der Waals surface area (Å²) in [6.45, 7) is -0.0708. The predicted molar refractivity (Wildman–Crippen MR) is 49.3 cm³/mol. The fourth-order valence-electron chi connectivity index (χ4n) is 0.634. The minimum absolute atomic E-state index is 0.0708. The molecule has 0 unspecified atom stereocenters. The first kappa shape index (κ1) is 13.7. The predicted octanol–water partition coefficient (Wildman–Crippen LogP) is -0.958. The molecule has 0 aromatic carbocycles. The quantitative estimate of drug-likeness (QED) is 0.514. The average Bonchev–Trinajstić information content (AvgIpc) is 2.11. The van der Waals surface area contributed by atoms with E-state index in [9.17, 15) is 18.0 Å². The largest absolute Gasteiger partial charge is 0.481 e. The van der Waals surface area contributed by atoms with Gasteiger partial charge in [-0.1, -0.05) is 0 Å². The van der Waals surface area contributed by atoms with Crippen LogP contribution in [0.25, 0.3) is 0 Å². The summed E-state index contributed by atoms with van der Waals surface area (Å²) in [6.07, 6.45) is -1.13. The lowest BCUT2D eigenvalue weighted by atomic mass is 10.3. The standard InChI is InChI=1S/C6H12N2O6S/c1-14-6(11)8-15(12,13)7-4-2-3-5(9)10/h7H,2-4H2,1H3,(H,8,11)(H,9,10). The van der Waals surface area contributed by atoms with Crippen LogP contribution >= 0.6 is 0 Å². The number of carbonyl (C=O) groups excluding carboxylic acids is 1. The number of carbonyl (C=O) groups is 2. The monoisotopic (exact) mass is 240 g/mol. The highest BCUT2D eigenvalue weighted by Crippen LogP contribution is 1.88. The number of methoxy groups -OCH3 is 1. The number of hydrogen-bond acceptors (Lipinski definition) is 5. The van der Waals surface area contributed by atoms with Gasteiger partial charge in [-0.3, -0.25) is 4.79 Å². The van der Waals surface area contributed by atoms with Crippen LogP contribution in [0.5, 0.6) is 0 Å². The summed E-state index contributed by atoms with van der Waals surface area (Å²) >= 11 is 0. The first-order chi connectivity index (χ1) is 6.87. The Labute approximate surface area is 86.8 Å². The lowest BCUT2D eigenvalue weighted by molar-refractivity contribution is -0.137. The van der Waals surface area contributed by atoms with Crippen molar-refractivity contribution < 1.29 is 27.9 Å². The summed E-state index contributed by atoms with van der Waals surface area (Å²) in [6, 6.07) is 0. The Morgan fingerprint density at radius 3 is 2.47 bits per heavy atom. The summed E-state index contributed by atoms with van der Waals surface area (Å²) in [5.41, 5.74) is 0. The first-order valence-electron chi connectivity index (χ1n) is 3.94. The zero-order chi connectivity index (χ0) is 11.9. The fourth-order valence-corrected chi connectivity index (χ4v) is 1.42. The molecule has 0 bridgehead atoms. The van der Waals surface area contributed by atoms with Gasteiger partial charge < -0.3 is 9.84 Å². The molecule has 9 heteroatoms. The van der Waals surface area contributed by atoms with Crippen LogP contribution in [0.1, 0.15) is 12.8 Å². The van der Waals surface area contributed by atoms with E-state index in [0.717, 1.165) is 7.11 Å². The molecule has 0 aliphatic carbocycles. The maximum atomic E-state index is 11.0. The Morgan fingerprint density at radius 2 is 2.00 bits per heavy atom. The van der Waals surface area contributed by atoms with Crippen LogP contribution in [0.15, 0.2) is 0 Å². The van der Waals surface area contributed by atoms with Crippen LogP contribution in [0, 0.1) is 0 Å². The molecule has 0 saturated carbocycles. The van der Waals surface area contributed by atoms with Gasteiger partial charge in [0.05, 0.1) is 7.11 Å². The highest BCUT2D eigenvalue weighted by molar-refractivity contribution is 7.88. The van der Waals surface area contributed by atoms with Crippen molar-refractivity contribution in [2.24, 2.45) is 0 Å². The van der Waals surface area contributed by atoms with E-state index in [1.54, 1.807) is 4.72 Å². The zero-order valence-electron chi connectivity index (χ0n) is 8.02. The van der Waals surface area contributed by atoms with Crippen molar-refractivity contribution in [2.45, 2.75) is 12.8 Å². The summed E-state index contributed by atoms with van der Waals surface area (Å²) < 4.78 is 29.5. The molecule has 0 saturated heterocycles. The van der Waals surface area contributed by atoms with E-state index >= 15 is 0 Å². The summed E-state index contributed by atoms with van der Waals surface area (Å²) in [5, 5.41) is 8.26. The molecule has 0 rings (SSSR count). The first-order valence-corrected chi connectivity index (χ1v) is 5.43.